The molecule has 2 aromatic rings. The van der Waals surface area contributed by atoms with Gasteiger partial charge in [0.2, 0.25) is 5.91 Å². The van der Waals surface area contributed by atoms with Gasteiger partial charge in [0.05, 0.1) is 25.9 Å². The van der Waals surface area contributed by atoms with Crippen LogP contribution in [0.3, 0.4) is 0 Å². The summed E-state index contributed by atoms with van der Waals surface area (Å²) in [6.45, 7) is 2.44. The number of rotatable bonds is 6. The van der Waals surface area contributed by atoms with Gasteiger partial charge in [0, 0.05) is 25.2 Å². The molecule has 2 aliphatic rings. The average molecular weight is 424 g/mol. The van der Waals surface area contributed by atoms with Gasteiger partial charge >= 0.3 is 0 Å². The molecule has 164 valence electrons. The molecule has 0 unspecified atom stereocenters. The standard InChI is InChI=1S/C24H29N3O4/c1-30-20-11-5-3-9-18(20)15-25-23(28)17-27-16-22(24(29)26-13-7-2-8-14-26)31-21-12-6-4-10-19(21)27/h3-6,9-12,22H,2,7-8,13-17H2,1H3,(H,25,28)/t22-/m0/s1. The van der Waals surface area contributed by atoms with Gasteiger partial charge in [-0.2, -0.15) is 0 Å². The number of nitrogens with one attached hydrogen (secondary N) is 1. The molecule has 0 aliphatic carbocycles. The number of nitrogens with zero attached hydrogens (tertiary/aromatic N) is 2. The number of piperidine rings is 1. The number of benzene rings is 2. The van der Waals surface area contributed by atoms with Crippen LogP contribution in [0.25, 0.3) is 0 Å². The first-order valence-corrected chi connectivity index (χ1v) is 10.8. The summed E-state index contributed by atoms with van der Waals surface area (Å²) < 4.78 is 11.4. The second-order valence-electron chi connectivity index (χ2n) is 7.93. The van der Waals surface area contributed by atoms with E-state index in [1.54, 1.807) is 7.11 Å². The van der Waals surface area contributed by atoms with Gasteiger partial charge in [0.1, 0.15) is 11.5 Å². The van der Waals surface area contributed by atoms with Crippen molar-refractivity contribution >= 4 is 17.5 Å². The second-order valence-corrected chi connectivity index (χ2v) is 7.93. The number of anilines is 1. The van der Waals surface area contributed by atoms with Gasteiger partial charge in [-0.05, 0) is 37.5 Å². The number of fused-ring (bicyclic) bond motifs is 1. The predicted octanol–water partition coefficient (Wildman–Crippen LogP) is 2.59. The summed E-state index contributed by atoms with van der Waals surface area (Å²) in [5, 5.41) is 2.96. The van der Waals surface area contributed by atoms with Crippen molar-refractivity contribution in [3.63, 3.8) is 0 Å². The van der Waals surface area contributed by atoms with E-state index in [4.69, 9.17) is 9.47 Å². The second kappa shape index (κ2) is 9.73. The third kappa shape index (κ3) is 4.93. The zero-order valence-electron chi connectivity index (χ0n) is 17.9. The topological polar surface area (TPSA) is 71.1 Å². The number of amides is 2. The monoisotopic (exact) mass is 423 g/mol. The molecule has 0 bridgehead atoms. The Morgan fingerprint density at radius 1 is 1.06 bits per heavy atom. The van der Waals surface area contributed by atoms with E-state index >= 15 is 0 Å². The Labute approximate surface area is 182 Å². The van der Waals surface area contributed by atoms with Gasteiger partial charge in [-0.15, -0.1) is 0 Å². The van der Waals surface area contributed by atoms with E-state index in [0.717, 1.165) is 49.4 Å². The van der Waals surface area contributed by atoms with Crippen molar-refractivity contribution in [1.29, 1.82) is 0 Å². The molecule has 4 rings (SSSR count). The fraction of sp³-hybridized carbons (Fsp3) is 0.417. The summed E-state index contributed by atoms with van der Waals surface area (Å²) >= 11 is 0. The van der Waals surface area contributed by atoms with Crippen molar-refractivity contribution in [3.8, 4) is 11.5 Å². The predicted molar refractivity (Wildman–Crippen MR) is 118 cm³/mol. The molecule has 2 heterocycles. The van der Waals surface area contributed by atoms with Crippen LogP contribution in [0.5, 0.6) is 11.5 Å². The highest BCUT2D eigenvalue weighted by Gasteiger charge is 2.34. The lowest BCUT2D eigenvalue weighted by Gasteiger charge is -2.38. The van der Waals surface area contributed by atoms with E-state index in [1.165, 1.54) is 0 Å². The molecule has 31 heavy (non-hydrogen) atoms. The maximum absolute atomic E-state index is 13.0. The van der Waals surface area contributed by atoms with E-state index in [1.807, 2.05) is 58.3 Å². The number of ether oxygens (including phenoxy) is 2. The van der Waals surface area contributed by atoms with Gasteiger partial charge in [0.25, 0.3) is 5.91 Å². The Morgan fingerprint density at radius 3 is 2.61 bits per heavy atom. The fourth-order valence-corrected chi connectivity index (χ4v) is 4.18. The van der Waals surface area contributed by atoms with Crippen molar-refractivity contribution in [2.24, 2.45) is 0 Å². The van der Waals surface area contributed by atoms with Crippen molar-refractivity contribution < 1.29 is 19.1 Å². The summed E-state index contributed by atoms with van der Waals surface area (Å²) in [5.74, 6) is 1.27. The van der Waals surface area contributed by atoms with Gasteiger partial charge in [-0.3, -0.25) is 9.59 Å². The SMILES string of the molecule is COc1ccccc1CNC(=O)CN1C[C@@H](C(=O)N2CCCCC2)Oc2ccccc21. The summed E-state index contributed by atoms with van der Waals surface area (Å²) in [6.07, 6.45) is 2.63. The minimum Gasteiger partial charge on any atom is -0.496 e. The molecule has 2 amide bonds. The lowest BCUT2D eigenvalue weighted by Crippen LogP contribution is -2.53. The number of carbonyl (C=O) groups excluding carboxylic acids is 2. The maximum Gasteiger partial charge on any atom is 0.265 e. The van der Waals surface area contributed by atoms with Gasteiger partial charge in [-0.25, -0.2) is 0 Å². The molecule has 0 saturated carbocycles. The maximum atomic E-state index is 13.0. The summed E-state index contributed by atoms with van der Waals surface area (Å²) in [7, 11) is 1.62. The van der Waals surface area contributed by atoms with Crippen molar-refractivity contribution in [3.05, 3.63) is 54.1 Å². The lowest BCUT2D eigenvalue weighted by molar-refractivity contribution is -0.139. The Hall–Kier alpha value is -3.22. The minimum atomic E-state index is -0.602. The van der Waals surface area contributed by atoms with Crippen LogP contribution in [-0.2, 0) is 16.1 Å². The fourth-order valence-electron chi connectivity index (χ4n) is 4.18. The number of methoxy groups -OCH3 is 1. The molecule has 1 N–H and O–H groups in total. The van der Waals surface area contributed by atoms with Crippen molar-refractivity contribution in [2.45, 2.75) is 31.9 Å². The van der Waals surface area contributed by atoms with Crippen LogP contribution in [0.15, 0.2) is 48.5 Å². The molecule has 2 aromatic carbocycles. The van der Waals surface area contributed by atoms with Crippen LogP contribution < -0.4 is 19.7 Å². The van der Waals surface area contributed by atoms with E-state index in [0.29, 0.717) is 18.8 Å². The first-order valence-electron chi connectivity index (χ1n) is 10.8. The highest BCUT2D eigenvalue weighted by Crippen LogP contribution is 2.33. The zero-order valence-corrected chi connectivity index (χ0v) is 17.9. The van der Waals surface area contributed by atoms with Crippen LogP contribution in [0.4, 0.5) is 5.69 Å². The zero-order chi connectivity index (χ0) is 21.6. The molecule has 7 nitrogen and oxygen atoms in total. The Bertz CT molecular complexity index is 927. The van der Waals surface area contributed by atoms with Gasteiger partial charge in [-0.1, -0.05) is 30.3 Å². The molecule has 2 aliphatic heterocycles. The van der Waals surface area contributed by atoms with E-state index < -0.39 is 6.10 Å². The normalized spacial score (nSPS) is 18.0. The highest BCUT2D eigenvalue weighted by molar-refractivity contribution is 5.86. The smallest absolute Gasteiger partial charge is 0.265 e. The molecular formula is C24H29N3O4. The average Bonchev–Trinajstić information content (AvgIpc) is 2.83. The third-order valence-corrected chi connectivity index (χ3v) is 5.81. The molecule has 1 atom stereocenters. The molecule has 0 spiro atoms. The highest BCUT2D eigenvalue weighted by atomic mass is 16.5. The summed E-state index contributed by atoms with van der Waals surface area (Å²) in [6, 6.07) is 15.2. The Balaban J connectivity index is 1.43. The van der Waals surface area contributed by atoms with Gasteiger partial charge in [0.15, 0.2) is 6.10 Å². The summed E-state index contributed by atoms with van der Waals surface area (Å²) in [4.78, 5) is 29.6. The molecular weight excluding hydrogens is 394 g/mol. The number of hydrogen-bond acceptors (Lipinski definition) is 5. The number of hydrogen-bond donors (Lipinski definition) is 1. The molecule has 0 aromatic heterocycles. The number of para-hydroxylation sites is 3. The number of carbonyl (C=O) groups is 2. The lowest BCUT2D eigenvalue weighted by atomic mass is 10.1. The van der Waals surface area contributed by atoms with Crippen LogP contribution in [0, 0.1) is 0 Å². The van der Waals surface area contributed by atoms with Crippen LogP contribution in [0.2, 0.25) is 0 Å². The Kier molecular flexibility index (Phi) is 6.60. The molecule has 1 fully saturated rings. The van der Waals surface area contributed by atoms with Gasteiger partial charge < -0.3 is 24.6 Å². The van der Waals surface area contributed by atoms with Crippen molar-refractivity contribution in [1.82, 2.24) is 10.2 Å². The molecule has 7 heteroatoms. The number of likely N-dealkylation sites (tertiary alicyclic amines) is 1. The Morgan fingerprint density at radius 2 is 1.81 bits per heavy atom. The third-order valence-electron chi connectivity index (χ3n) is 5.81. The minimum absolute atomic E-state index is 0.00799. The van der Waals surface area contributed by atoms with Crippen LogP contribution in [0.1, 0.15) is 24.8 Å². The van der Waals surface area contributed by atoms with Crippen LogP contribution in [-0.4, -0.2) is 56.1 Å². The van der Waals surface area contributed by atoms with Crippen LogP contribution >= 0.6 is 0 Å². The first kappa shape index (κ1) is 21.0. The molecule has 1 saturated heterocycles. The molecule has 0 radical (unpaired) electrons. The van der Waals surface area contributed by atoms with E-state index in [9.17, 15) is 9.59 Å². The van der Waals surface area contributed by atoms with Crippen molar-refractivity contribution in [2.75, 3.05) is 38.2 Å². The largest absolute Gasteiger partial charge is 0.496 e. The summed E-state index contributed by atoms with van der Waals surface area (Å²) in [5.41, 5.74) is 1.75. The van der Waals surface area contributed by atoms with E-state index in [-0.39, 0.29) is 18.4 Å². The van der Waals surface area contributed by atoms with E-state index in [2.05, 4.69) is 5.32 Å². The first-order chi connectivity index (χ1) is 15.2. The quantitative estimate of drug-likeness (QED) is 0.773.